The van der Waals surface area contributed by atoms with Gasteiger partial charge in [-0.2, -0.15) is 0 Å². The molecule has 1 N–H and O–H groups in total. The SMILES string of the molecule is CN(CCN(C)c1cc(F)ccc1Nc1cc(F)c(ON(C(=O)OC(C)(C)C)c2ccc(F)cn2)cc1Cl)C(=O)OC(C)(C)C. The average Bonchev–Trinajstić information content (AvgIpc) is 2.92. The van der Waals surface area contributed by atoms with E-state index < -0.39 is 46.6 Å². The van der Waals surface area contributed by atoms with E-state index in [0.717, 1.165) is 30.5 Å². The van der Waals surface area contributed by atoms with E-state index in [4.69, 9.17) is 25.9 Å². The number of hydrogen-bond acceptors (Lipinski definition) is 8. The topological polar surface area (TPSA) is 96.5 Å². The maximum Gasteiger partial charge on any atom is 0.450 e. The van der Waals surface area contributed by atoms with Crippen molar-refractivity contribution in [3.8, 4) is 5.75 Å². The number of hydrogen-bond donors (Lipinski definition) is 1. The molecule has 14 heteroatoms. The van der Waals surface area contributed by atoms with Gasteiger partial charge in [0.1, 0.15) is 22.8 Å². The summed E-state index contributed by atoms with van der Waals surface area (Å²) in [4.78, 5) is 37.7. The summed E-state index contributed by atoms with van der Waals surface area (Å²) in [5, 5.41) is 3.57. The van der Waals surface area contributed by atoms with Gasteiger partial charge in [-0.1, -0.05) is 16.7 Å². The van der Waals surface area contributed by atoms with Crippen LogP contribution in [-0.4, -0.2) is 60.5 Å². The zero-order valence-electron chi connectivity index (χ0n) is 26.4. The van der Waals surface area contributed by atoms with E-state index in [1.165, 1.54) is 23.1 Å². The molecule has 0 aliphatic rings. The fourth-order valence-corrected chi connectivity index (χ4v) is 3.89. The maximum absolute atomic E-state index is 15.4. The Balaban J connectivity index is 1.84. The summed E-state index contributed by atoms with van der Waals surface area (Å²) in [6.07, 6.45) is -0.673. The molecule has 2 amide bonds. The summed E-state index contributed by atoms with van der Waals surface area (Å²) in [6.45, 7) is 10.7. The third-order valence-corrected chi connectivity index (χ3v) is 6.12. The van der Waals surface area contributed by atoms with E-state index in [0.29, 0.717) is 23.0 Å². The molecular formula is C31H37ClF3N5O5. The zero-order valence-corrected chi connectivity index (χ0v) is 27.1. The lowest BCUT2D eigenvalue weighted by molar-refractivity contribution is 0.0303. The molecule has 2 aromatic carbocycles. The highest BCUT2D eigenvalue weighted by Crippen LogP contribution is 2.36. The Morgan fingerprint density at radius 2 is 1.47 bits per heavy atom. The van der Waals surface area contributed by atoms with Crippen molar-refractivity contribution in [3.63, 3.8) is 0 Å². The highest BCUT2D eigenvalue weighted by atomic mass is 35.5. The zero-order chi connectivity index (χ0) is 33.7. The Morgan fingerprint density at radius 3 is 2.07 bits per heavy atom. The number of likely N-dealkylation sites (N-methyl/N-ethyl adjacent to an activating group) is 2. The van der Waals surface area contributed by atoms with Gasteiger partial charge < -0.3 is 29.4 Å². The number of amides is 2. The van der Waals surface area contributed by atoms with Crippen molar-refractivity contribution < 1.29 is 37.1 Å². The third-order valence-electron chi connectivity index (χ3n) is 5.81. The van der Waals surface area contributed by atoms with Crippen LogP contribution in [-0.2, 0) is 9.47 Å². The van der Waals surface area contributed by atoms with Crippen molar-refractivity contribution in [1.82, 2.24) is 9.88 Å². The lowest BCUT2D eigenvalue weighted by Crippen LogP contribution is -2.39. The van der Waals surface area contributed by atoms with Crippen molar-refractivity contribution in [2.24, 2.45) is 0 Å². The van der Waals surface area contributed by atoms with Crippen LogP contribution in [0.1, 0.15) is 41.5 Å². The number of ether oxygens (including phenoxy) is 2. The van der Waals surface area contributed by atoms with Crippen LogP contribution < -0.4 is 20.1 Å². The van der Waals surface area contributed by atoms with Crippen LogP contribution in [0.3, 0.4) is 0 Å². The number of halogens is 4. The summed E-state index contributed by atoms with van der Waals surface area (Å²) in [7, 11) is 3.30. The van der Waals surface area contributed by atoms with Crippen LogP contribution in [0, 0.1) is 17.5 Å². The molecule has 0 radical (unpaired) electrons. The molecule has 0 aliphatic carbocycles. The highest BCUT2D eigenvalue weighted by Gasteiger charge is 2.28. The first-order valence-corrected chi connectivity index (χ1v) is 14.2. The Kier molecular flexibility index (Phi) is 11.0. The number of rotatable bonds is 9. The number of hydroxylamine groups is 1. The summed E-state index contributed by atoms with van der Waals surface area (Å²) in [6, 6.07) is 8.34. The number of aromatic nitrogens is 1. The molecule has 0 fully saturated rings. The number of nitrogens with zero attached hydrogens (tertiary/aromatic N) is 4. The lowest BCUT2D eigenvalue weighted by Gasteiger charge is -2.28. The third kappa shape index (κ3) is 10.3. The molecule has 0 bridgehead atoms. The molecule has 0 aliphatic heterocycles. The van der Waals surface area contributed by atoms with Gasteiger partial charge in [-0.3, -0.25) is 0 Å². The first-order valence-electron chi connectivity index (χ1n) is 13.9. The molecule has 10 nitrogen and oxygen atoms in total. The van der Waals surface area contributed by atoms with Gasteiger partial charge in [-0.05, 0) is 71.9 Å². The van der Waals surface area contributed by atoms with Crippen LogP contribution in [0.4, 0.5) is 45.6 Å². The quantitative estimate of drug-likeness (QED) is 0.233. The summed E-state index contributed by atoms with van der Waals surface area (Å²) >= 11 is 6.49. The number of carbonyl (C=O) groups excluding carboxylic acids is 2. The van der Waals surface area contributed by atoms with Crippen LogP contribution in [0.5, 0.6) is 5.75 Å². The lowest BCUT2D eigenvalue weighted by atomic mass is 10.2. The van der Waals surface area contributed by atoms with Crippen LogP contribution in [0.25, 0.3) is 0 Å². The molecular weight excluding hydrogens is 615 g/mol. The largest absolute Gasteiger partial charge is 0.450 e. The first-order chi connectivity index (χ1) is 20.8. The maximum atomic E-state index is 15.4. The minimum Gasteiger partial charge on any atom is -0.444 e. The minimum atomic E-state index is -1.03. The molecule has 3 aromatic rings. The molecule has 244 valence electrons. The highest BCUT2D eigenvalue weighted by molar-refractivity contribution is 6.33. The molecule has 0 saturated carbocycles. The van der Waals surface area contributed by atoms with Crippen molar-refractivity contribution in [2.75, 3.05) is 42.5 Å². The molecule has 1 aromatic heterocycles. The van der Waals surface area contributed by atoms with Crippen molar-refractivity contribution >= 4 is 46.7 Å². The van der Waals surface area contributed by atoms with E-state index in [2.05, 4.69) is 10.3 Å². The van der Waals surface area contributed by atoms with Crippen molar-refractivity contribution in [2.45, 2.75) is 52.7 Å². The molecule has 0 spiro atoms. The van der Waals surface area contributed by atoms with Crippen molar-refractivity contribution in [3.05, 3.63) is 71.1 Å². The second kappa shape index (κ2) is 14.1. The number of pyridine rings is 1. The smallest absolute Gasteiger partial charge is 0.444 e. The Morgan fingerprint density at radius 1 is 0.844 bits per heavy atom. The van der Waals surface area contributed by atoms with Gasteiger partial charge in [0.2, 0.25) is 0 Å². The van der Waals surface area contributed by atoms with Gasteiger partial charge in [0, 0.05) is 39.3 Å². The summed E-state index contributed by atoms with van der Waals surface area (Å²) in [5.41, 5.74) is -0.689. The fourth-order valence-electron chi connectivity index (χ4n) is 3.68. The Bertz CT molecular complexity index is 1510. The predicted molar refractivity (Wildman–Crippen MR) is 167 cm³/mol. The van der Waals surface area contributed by atoms with Gasteiger partial charge in [0.25, 0.3) is 0 Å². The van der Waals surface area contributed by atoms with Gasteiger partial charge in [-0.25, -0.2) is 27.7 Å². The van der Waals surface area contributed by atoms with E-state index in [9.17, 15) is 18.4 Å². The minimum absolute atomic E-state index is 0.00908. The average molecular weight is 652 g/mol. The number of anilines is 4. The Labute approximate surface area is 265 Å². The second-order valence-electron chi connectivity index (χ2n) is 12.1. The predicted octanol–water partition coefficient (Wildman–Crippen LogP) is 7.93. The van der Waals surface area contributed by atoms with E-state index in [1.807, 2.05) is 0 Å². The molecule has 3 rings (SSSR count). The standard InChI is InChI=1S/C31H37ClF3N5O5/c1-30(2,3)43-28(41)39(8)14-13-38(7)25-15-19(33)9-11-23(25)37-24-17-22(35)26(16-21(24)32)45-40(29(42)44-31(4,5)6)27-12-10-20(34)18-36-27/h9-12,15-18,37H,13-14H2,1-8H3. The van der Waals surface area contributed by atoms with Crippen LogP contribution in [0.2, 0.25) is 5.02 Å². The van der Waals surface area contributed by atoms with Gasteiger partial charge in [0.15, 0.2) is 17.4 Å². The summed E-state index contributed by atoms with van der Waals surface area (Å²) in [5.74, 6) is -2.72. The van der Waals surface area contributed by atoms with Gasteiger partial charge >= 0.3 is 12.2 Å². The van der Waals surface area contributed by atoms with E-state index in [-0.39, 0.29) is 23.1 Å². The molecule has 0 saturated heterocycles. The Hall–Kier alpha value is -4.39. The molecule has 0 unspecified atom stereocenters. The molecule has 1 heterocycles. The second-order valence-corrected chi connectivity index (χ2v) is 12.5. The number of nitrogens with one attached hydrogen (secondary N) is 1. The van der Waals surface area contributed by atoms with Crippen LogP contribution in [0.15, 0.2) is 48.7 Å². The fraction of sp³-hybridized carbons (Fsp3) is 0.387. The molecule has 45 heavy (non-hydrogen) atoms. The normalized spacial score (nSPS) is 11.5. The van der Waals surface area contributed by atoms with Crippen molar-refractivity contribution in [1.29, 1.82) is 0 Å². The number of carbonyl (C=O) groups is 2. The first kappa shape index (κ1) is 35.1. The van der Waals surface area contributed by atoms with E-state index in [1.54, 1.807) is 60.5 Å². The monoisotopic (exact) mass is 651 g/mol. The van der Waals surface area contributed by atoms with Gasteiger partial charge in [0.05, 0.1) is 28.3 Å². The van der Waals surface area contributed by atoms with Crippen LogP contribution >= 0.6 is 11.6 Å². The summed E-state index contributed by atoms with van der Waals surface area (Å²) < 4.78 is 53.9. The van der Waals surface area contributed by atoms with E-state index >= 15 is 4.39 Å². The number of benzene rings is 2. The molecule has 0 atom stereocenters. The van der Waals surface area contributed by atoms with Gasteiger partial charge in [-0.15, -0.1) is 0 Å².